The molecule has 0 aliphatic heterocycles. The lowest BCUT2D eigenvalue weighted by Gasteiger charge is -2.13. The summed E-state index contributed by atoms with van der Waals surface area (Å²) in [6, 6.07) is 2.77. The highest BCUT2D eigenvalue weighted by Gasteiger charge is 2.10. The normalized spacial score (nSPS) is 12.1. The molecule has 14 heavy (non-hydrogen) atoms. The summed E-state index contributed by atoms with van der Waals surface area (Å²) in [5.74, 6) is 6.29. The van der Waals surface area contributed by atoms with E-state index in [1.54, 1.807) is 0 Å². The minimum Gasteiger partial charge on any atom is -0.271 e. The average Bonchev–Trinajstić information content (AvgIpc) is 2.12. The van der Waals surface area contributed by atoms with Crippen LogP contribution in [0.3, 0.4) is 0 Å². The summed E-state index contributed by atoms with van der Waals surface area (Å²) in [6.45, 7) is 0. The number of benzene rings is 1. The lowest BCUT2D eigenvalue weighted by molar-refractivity contribution is 0.540. The monoisotopic (exact) mass is 196 g/mol. The van der Waals surface area contributed by atoms with E-state index in [2.05, 4.69) is 11.3 Å². The Morgan fingerprint density at radius 3 is 2.36 bits per heavy atom. The van der Waals surface area contributed by atoms with Crippen LogP contribution in [-0.2, 0) is 0 Å². The van der Waals surface area contributed by atoms with E-state index in [1.807, 2.05) is 0 Å². The highest BCUT2D eigenvalue weighted by molar-refractivity contribution is 5.22. The minimum atomic E-state index is -0.641. The van der Waals surface area contributed by atoms with Gasteiger partial charge >= 0.3 is 0 Å². The molecular weight excluding hydrogens is 186 g/mol. The number of hydrogen-bond donors (Lipinski definition) is 2. The van der Waals surface area contributed by atoms with Gasteiger partial charge in [-0.05, 0) is 17.7 Å². The zero-order valence-electron chi connectivity index (χ0n) is 7.43. The van der Waals surface area contributed by atoms with Gasteiger partial charge in [-0.2, -0.15) is 0 Å². The number of rotatable bonds is 3. The van der Waals surface area contributed by atoms with Gasteiger partial charge in [0.15, 0.2) is 0 Å². The van der Waals surface area contributed by atoms with Crippen LogP contribution in [0.2, 0.25) is 0 Å². The molecule has 1 unspecified atom stereocenters. The smallest absolute Gasteiger partial charge is 0.126 e. The molecule has 0 spiro atoms. The number of terminal acetylenes is 1. The Labute approximate surface area is 81.1 Å². The van der Waals surface area contributed by atoms with E-state index in [0.29, 0.717) is 5.56 Å². The van der Waals surface area contributed by atoms with Gasteiger partial charge in [-0.1, -0.05) is 0 Å². The Morgan fingerprint density at radius 2 is 1.93 bits per heavy atom. The van der Waals surface area contributed by atoms with Crippen LogP contribution in [0, 0.1) is 24.0 Å². The second kappa shape index (κ2) is 4.70. The maximum atomic E-state index is 12.8. The van der Waals surface area contributed by atoms with Crippen LogP contribution in [0.1, 0.15) is 18.0 Å². The number of nitrogens with two attached hydrogens (primary N) is 1. The maximum absolute atomic E-state index is 12.8. The van der Waals surface area contributed by atoms with E-state index in [0.717, 1.165) is 6.07 Å². The SMILES string of the molecule is C#CCC(NN)c1cc(F)cc(F)c1. The van der Waals surface area contributed by atoms with Crippen molar-refractivity contribution in [3.8, 4) is 12.3 Å². The van der Waals surface area contributed by atoms with Crippen LogP contribution in [0.5, 0.6) is 0 Å². The predicted molar refractivity (Wildman–Crippen MR) is 49.9 cm³/mol. The van der Waals surface area contributed by atoms with Gasteiger partial charge in [0.2, 0.25) is 0 Å². The molecule has 0 heterocycles. The Morgan fingerprint density at radius 1 is 1.36 bits per heavy atom. The van der Waals surface area contributed by atoms with Crippen LogP contribution < -0.4 is 11.3 Å². The van der Waals surface area contributed by atoms with Crippen molar-refractivity contribution in [1.82, 2.24) is 5.43 Å². The van der Waals surface area contributed by atoms with Gasteiger partial charge < -0.3 is 0 Å². The first-order valence-electron chi connectivity index (χ1n) is 4.03. The second-order valence-electron chi connectivity index (χ2n) is 2.83. The predicted octanol–water partition coefficient (Wildman–Crippen LogP) is 1.49. The summed E-state index contributed by atoms with van der Waals surface area (Å²) in [6.07, 6.45) is 5.36. The zero-order valence-corrected chi connectivity index (χ0v) is 7.43. The summed E-state index contributed by atoms with van der Waals surface area (Å²) in [4.78, 5) is 0. The Balaban J connectivity index is 2.98. The van der Waals surface area contributed by atoms with E-state index in [1.165, 1.54) is 12.1 Å². The van der Waals surface area contributed by atoms with E-state index in [4.69, 9.17) is 12.3 Å². The molecule has 0 radical (unpaired) electrons. The van der Waals surface area contributed by atoms with E-state index >= 15 is 0 Å². The molecule has 0 saturated heterocycles. The van der Waals surface area contributed by atoms with Crippen LogP contribution in [-0.4, -0.2) is 0 Å². The first-order chi connectivity index (χ1) is 6.67. The molecule has 2 nitrogen and oxygen atoms in total. The molecule has 0 aliphatic rings. The largest absolute Gasteiger partial charge is 0.271 e. The summed E-state index contributed by atoms with van der Waals surface area (Å²) >= 11 is 0. The van der Waals surface area contributed by atoms with Gasteiger partial charge in [-0.15, -0.1) is 12.3 Å². The van der Waals surface area contributed by atoms with Crippen molar-refractivity contribution in [1.29, 1.82) is 0 Å². The molecule has 3 N–H and O–H groups in total. The highest BCUT2D eigenvalue weighted by Crippen LogP contribution is 2.17. The minimum absolute atomic E-state index is 0.277. The van der Waals surface area contributed by atoms with E-state index < -0.39 is 17.7 Å². The van der Waals surface area contributed by atoms with Crippen LogP contribution in [0.4, 0.5) is 8.78 Å². The second-order valence-corrected chi connectivity index (χ2v) is 2.83. The molecule has 0 fully saturated rings. The molecule has 1 atom stereocenters. The third kappa shape index (κ3) is 2.52. The van der Waals surface area contributed by atoms with Crippen molar-refractivity contribution < 1.29 is 8.78 Å². The quantitative estimate of drug-likeness (QED) is 0.436. The van der Waals surface area contributed by atoms with Crippen LogP contribution in [0.25, 0.3) is 0 Å². The number of hydrazine groups is 1. The Kier molecular flexibility index (Phi) is 3.57. The molecule has 1 aromatic rings. The summed E-state index contributed by atoms with van der Waals surface area (Å²) in [5, 5.41) is 0. The van der Waals surface area contributed by atoms with Gasteiger partial charge in [0.05, 0.1) is 6.04 Å². The van der Waals surface area contributed by atoms with Gasteiger partial charge in [-0.25, -0.2) is 8.78 Å². The lowest BCUT2D eigenvalue weighted by Crippen LogP contribution is -2.27. The lowest BCUT2D eigenvalue weighted by atomic mass is 10.0. The van der Waals surface area contributed by atoms with Gasteiger partial charge in [0.1, 0.15) is 11.6 Å². The number of halogens is 2. The molecule has 1 aromatic carbocycles. The molecule has 74 valence electrons. The third-order valence-corrected chi connectivity index (χ3v) is 1.81. The average molecular weight is 196 g/mol. The number of nitrogens with one attached hydrogen (secondary N) is 1. The summed E-state index contributed by atoms with van der Waals surface area (Å²) < 4.78 is 25.6. The third-order valence-electron chi connectivity index (χ3n) is 1.81. The van der Waals surface area contributed by atoms with Crippen molar-refractivity contribution in [2.24, 2.45) is 5.84 Å². The van der Waals surface area contributed by atoms with Crippen molar-refractivity contribution in [3.05, 3.63) is 35.4 Å². The van der Waals surface area contributed by atoms with Crippen LogP contribution in [0.15, 0.2) is 18.2 Å². The van der Waals surface area contributed by atoms with Crippen molar-refractivity contribution in [2.75, 3.05) is 0 Å². The molecule has 0 bridgehead atoms. The molecule has 0 aliphatic carbocycles. The van der Waals surface area contributed by atoms with E-state index in [-0.39, 0.29) is 6.42 Å². The van der Waals surface area contributed by atoms with Gasteiger partial charge in [0.25, 0.3) is 0 Å². The molecule has 1 rings (SSSR count). The van der Waals surface area contributed by atoms with Crippen molar-refractivity contribution >= 4 is 0 Å². The molecule has 0 amide bonds. The first-order valence-corrected chi connectivity index (χ1v) is 4.03. The molecule has 0 saturated carbocycles. The molecule has 0 aromatic heterocycles. The zero-order chi connectivity index (χ0) is 10.6. The topological polar surface area (TPSA) is 38.0 Å². The molecular formula is C10H10F2N2. The first kappa shape index (κ1) is 10.6. The van der Waals surface area contributed by atoms with Gasteiger partial charge in [0, 0.05) is 12.5 Å². The standard InChI is InChI=1S/C10H10F2N2/c1-2-3-10(14-13)7-4-8(11)6-9(12)5-7/h1,4-6,10,14H,3,13H2. The fraction of sp³-hybridized carbons (Fsp3) is 0.200. The van der Waals surface area contributed by atoms with E-state index in [9.17, 15) is 8.78 Å². The molecule has 4 heteroatoms. The van der Waals surface area contributed by atoms with Crippen molar-refractivity contribution in [3.63, 3.8) is 0 Å². The Bertz CT molecular complexity index is 337. The summed E-state index contributed by atoms with van der Waals surface area (Å²) in [7, 11) is 0. The summed E-state index contributed by atoms with van der Waals surface area (Å²) in [5.41, 5.74) is 2.80. The van der Waals surface area contributed by atoms with Crippen molar-refractivity contribution in [2.45, 2.75) is 12.5 Å². The fourth-order valence-electron chi connectivity index (χ4n) is 1.17. The fourth-order valence-corrected chi connectivity index (χ4v) is 1.17. The van der Waals surface area contributed by atoms with Gasteiger partial charge in [-0.3, -0.25) is 11.3 Å². The maximum Gasteiger partial charge on any atom is 0.126 e. The Hall–Kier alpha value is -1.44. The van der Waals surface area contributed by atoms with Crippen LogP contribution >= 0.6 is 0 Å². The number of hydrogen-bond acceptors (Lipinski definition) is 2. The highest BCUT2D eigenvalue weighted by atomic mass is 19.1.